The average Bonchev–Trinajstić information content (AvgIpc) is 2.90. The van der Waals surface area contributed by atoms with Gasteiger partial charge in [-0.05, 0) is 18.2 Å². The quantitative estimate of drug-likeness (QED) is 0.480. The number of nitrogens with zero attached hydrogens (tertiary/aromatic N) is 4. The third-order valence-electron chi connectivity index (χ3n) is 2.83. The minimum absolute atomic E-state index is 0.0326. The van der Waals surface area contributed by atoms with E-state index in [0.717, 1.165) is 6.07 Å². The average molecular weight is 284 g/mol. The number of hydrogen-bond donors (Lipinski definition) is 2. The molecule has 0 aliphatic carbocycles. The van der Waals surface area contributed by atoms with Gasteiger partial charge in [0.15, 0.2) is 11.4 Å². The van der Waals surface area contributed by atoms with Crippen LogP contribution in [0.3, 0.4) is 0 Å². The summed E-state index contributed by atoms with van der Waals surface area (Å²) >= 11 is 0. The Morgan fingerprint density at radius 1 is 1.43 bits per heavy atom. The van der Waals surface area contributed by atoms with Crippen molar-refractivity contribution >= 4 is 5.91 Å². The molecule has 1 aromatic heterocycles. The molecule has 0 fully saturated rings. The predicted octanol–water partition coefficient (Wildman–Crippen LogP) is 0.417. The fourth-order valence-corrected chi connectivity index (χ4v) is 1.81. The van der Waals surface area contributed by atoms with Crippen LogP contribution in [0.2, 0.25) is 0 Å². The first-order valence-electron chi connectivity index (χ1n) is 5.75. The van der Waals surface area contributed by atoms with Gasteiger partial charge in [0.2, 0.25) is 0 Å². The van der Waals surface area contributed by atoms with Crippen molar-refractivity contribution in [1.82, 2.24) is 15.0 Å². The number of rotatable bonds is 3. The normalized spacial score (nSPS) is 9.71. The lowest BCUT2D eigenvalue weighted by Crippen LogP contribution is -2.30. The second-order valence-electron chi connectivity index (χ2n) is 4.07. The number of nitrogens with one attached hydrogen (secondary N) is 1. The molecule has 2 aromatic rings. The van der Waals surface area contributed by atoms with E-state index >= 15 is 0 Å². The van der Waals surface area contributed by atoms with Crippen LogP contribution in [0.15, 0.2) is 24.5 Å². The summed E-state index contributed by atoms with van der Waals surface area (Å²) in [5.41, 5.74) is 2.31. The van der Waals surface area contributed by atoms with Crippen molar-refractivity contribution in [3.05, 3.63) is 52.9 Å². The van der Waals surface area contributed by atoms with E-state index in [1.165, 1.54) is 23.0 Å². The van der Waals surface area contributed by atoms with Crippen molar-refractivity contribution in [2.45, 2.75) is 6.54 Å². The van der Waals surface area contributed by atoms with Gasteiger partial charge in [0.25, 0.3) is 5.91 Å². The highest BCUT2D eigenvalue weighted by molar-refractivity contribution is 5.93. The fourth-order valence-electron chi connectivity index (χ4n) is 1.81. The molecule has 0 spiro atoms. The molecule has 0 aliphatic heterocycles. The first kappa shape index (κ1) is 14.2. The molecule has 8 heteroatoms. The molecule has 2 rings (SSSR count). The summed E-state index contributed by atoms with van der Waals surface area (Å²) in [5, 5.41) is 17.8. The highest BCUT2D eigenvalue weighted by atomic mass is 19.1. The molecule has 0 saturated carbocycles. The van der Waals surface area contributed by atoms with Crippen molar-refractivity contribution in [2.24, 2.45) is 5.84 Å². The minimum Gasteiger partial charge on any atom is -0.317 e. The van der Waals surface area contributed by atoms with Gasteiger partial charge >= 0.3 is 0 Å². The third kappa shape index (κ3) is 2.71. The van der Waals surface area contributed by atoms with E-state index in [2.05, 4.69) is 4.98 Å². The highest BCUT2D eigenvalue weighted by Crippen LogP contribution is 2.14. The van der Waals surface area contributed by atoms with Gasteiger partial charge in [-0.2, -0.15) is 10.5 Å². The number of nitrogen functional groups attached to an aromatic ring is 1. The molecule has 1 heterocycles. The molecular weight excluding hydrogens is 275 g/mol. The standard InChI is InChI=1S/C13H9FN6O/c14-10-2-1-8(13(21)19-17)3-9(10)6-20-7-18-11(4-15)12(20)5-16/h1-3,7H,6,17H2,(H,19,21). The van der Waals surface area contributed by atoms with E-state index < -0.39 is 11.7 Å². The van der Waals surface area contributed by atoms with Gasteiger partial charge in [0.1, 0.15) is 18.0 Å². The minimum atomic E-state index is -0.555. The second kappa shape index (κ2) is 5.82. The summed E-state index contributed by atoms with van der Waals surface area (Å²) in [6.07, 6.45) is 1.27. The molecule has 3 N–H and O–H groups in total. The molecule has 0 bridgehead atoms. The van der Waals surface area contributed by atoms with Crippen molar-refractivity contribution < 1.29 is 9.18 Å². The van der Waals surface area contributed by atoms with Gasteiger partial charge in [0, 0.05) is 11.1 Å². The zero-order valence-corrected chi connectivity index (χ0v) is 10.7. The maximum atomic E-state index is 13.8. The number of benzene rings is 1. The first-order chi connectivity index (χ1) is 10.1. The van der Waals surface area contributed by atoms with Crippen LogP contribution in [0.1, 0.15) is 27.3 Å². The Bertz CT molecular complexity index is 783. The smallest absolute Gasteiger partial charge is 0.265 e. The number of nitrogens with two attached hydrogens (primary N) is 1. The number of halogens is 1. The number of carbonyl (C=O) groups is 1. The molecule has 0 unspecified atom stereocenters. The van der Waals surface area contributed by atoms with Crippen LogP contribution in [-0.2, 0) is 6.54 Å². The Morgan fingerprint density at radius 3 is 2.81 bits per heavy atom. The van der Waals surface area contributed by atoms with Crippen molar-refractivity contribution in [2.75, 3.05) is 0 Å². The van der Waals surface area contributed by atoms with Crippen LogP contribution in [0.25, 0.3) is 0 Å². The summed E-state index contributed by atoms with van der Waals surface area (Å²) in [5.74, 6) is 3.93. The Balaban J connectivity index is 2.41. The first-order valence-corrected chi connectivity index (χ1v) is 5.75. The van der Waals surface area contributed by atoms with Crippen LogP contribution in [0.4, 0.5) is 4.39 Å². The topological polar surface area (TPSA) is 121 Å². The highest BCUT2D eigenvalue weighted by Gasteiger charge is 2.13. The van der Waals surface area contributed by atoms with Gasteiger partial charge in [-0.15, -0.1) is 0 Å². The molecule has 104 valence electrons. The summed E-state index contributed by atoms with van der Waals surface area (Å²) in [7, 11) is 0. The summed E-state index contributed by atoms with van der Waals surface area (Å²) in [4.78, 5) is 15.2. The monoisotopic (exact) mass is 284 g/mol. The van der Waals surface area contributed by atoms with Crippen molar-refractivity contribution in [1.29, 1.82) is 10.5 Å². The van der Waals surface area contributed by atoms with Gasteiger partial charge in [-0.25, -0.2) is 15.2 Å². The lowest BCUT2D eigenvalue weighted by molar-refractivity contribution is 0.0953. The Kier molecular flexibility index (Phi) is 3.93. The molecule has 1 amide bonds. The maximum Gasteiger partial charge on any atom is 0.265 e. The van der Waals surface area contributed by atoms with Gasteiger partial charge in [0.05, 0.1) is 12.9 Å². The number of aromatic nitrogens is 2. The van der Waals surface area contributed by atoms with Crippen LogP contribution in [0.5, 0.6) is 0 Å². The lowest BCUT2D eigenvalue weighted by Gasteiger charge is -2.07. The molecule has 0 saturated heterocycles. The molecule has 0 aliphatic rings. The Morgan fingerprint density at radius 2 is 2.19 bits per heavy atom. The largest absolute Gasteiger partial charge is 0.317 e. The fraction of sp³-hybridized carbons (Fsp3) is 0.0769. The van der Waals surface area contributed by atoms with Gasteiger partial charge < -0.3 is 4.57 Å². The molecular formula is C13H9FN6O. The zero-order chi connectivity index (χ0) is 15.4. The Labute approximate surface area is 119 Å². The summed E-state index contributed by atoms with van der Waals surface area (Å²) < 4.78 is 15.1. The number of carbonyl (C=O) groups excluding carboxylic acids is 1. The maximum absolute atomic E-state index is 13.8. The van der Waals surface area contributed by atoms with Crippen molar-refractivity contribution in [3.8, 4) is 12.1 Å². The van der Waals surface area contributed by atoms with Crippen LogP contribution < -0.4 is 11.3 Å². The SMILES string of the molecule is N#Cc1ncn(Cc2cc(C(=O)NN)ccc2F)c1C#N. The van der Waals surface area contributed by atoms with E-state index in [0.29, 0.717) is 0 Å². The molecule has 7 nitrogen and oxygen atoms in total. The van der Waals surface area contributed by atoms with Crippen LogP contribution in [-0.4, -0.2) is 15.5 Å². The van der Waals surface area contributed by atoms with E-state index in [-0.39, 0.29) is 29.1 Å². The molecule has 0 atom stereocenters. The number of amides is 1. The van der Waals surface area contributed by atoms with E-state index in [1.807, 2.05) is 11.5 Å². The van der Waals surface area contributed by atoms with Gasteiger partial charge in [-0.1, -0.05) is 0 Å². The van der Waals surface area contributed by atoms with E-state index in [1.54, 1.807) is 6.07 Å². The van der Waals surface area contributed by atoms with Crippen molar-refractivity contribution in [3.63, 3.8) is 0 Å². The zero-order valence-electron chi connectivity index (χ0n) is 10.7. The summed E-state index contributed by atoms with van der Waals surface area (Å²) in [6, 6.07) is 7.37. The summed E-state index contributed by atoms with van der Waals surface area (Å²) in [6.45, 7) is -0.0326. The number of imidazole rings is 1. The lowest BCUT2D eigenvalue weighted by atomic mass is 10.1. The number of hydrogen-bond acceptors (Lipinski definition) is 5. The number of nitriles is 2. The Hall–Kier alpha value is -3.23. The van der Waals surface area contributed by atoms with Crippen LogP contribution >= 0.6 is 0 Å². The number of hydrazine groups is 1. The second-order valence-corrected chi connectivity index (χ2v) is 4.07. The van der Waals surface area contributed by atoms with E-state index in [4.69, 9.17) is 16.4 Å². The molecule has 0 radical (unpaired) electrons. The predicted molar refractivity (Wildman–Crippen MR) is 68.8 cm³/mol. The van der Waals surface area contributed by atoms with Gasteiger partial charge in [-0.3, -0.25) is 10.2 Å². The van der Waals surface area contributed by atoms with Crippen LogP contribution in [0, 0.1) is 28.5 Å². The molecule has 1 aromatic carbocycles. The van der Waals surface area contributed by atoms with E-state index in [9.17, 15) is 9.18 Å². The molecule has 21 heavy (non-hydrogen) atoms. The third-order valence-corrected chi connectivity index (χ3v) is 2.83.